The molecule has 0 saturated carbocycles. The summed E-state index contributed by atoms with van der Waals surface area (Å²) >= 11 is 0. The van der Waals surface area contributed by atoms with Crippen LogP contribution in [0.2, 0.25) is 0 Å². The Balaban J connectivity index is 3.16. The molecule has 5 nitrogen and oxygen atoms in total. The van der Waals surface area contributed by atoms with Crippen molar-refractivity contribution in [3.63, 3.8) is 0 Å². The van der Waals surface area contributed by atoms with Crippen LogP contribution in [-0.2, 0) is 0 Å². The molecule has 0 bridgehead atoms. The molecule has 144 valence electrons. The number of hydrogen-bond donors (Lipinski definition) is 3. The third-order valence-electron chi connectivity index (χ3n) is 4.23. The summed E-state index contributed by atoms with van der Waals surface area (Å²) in [6.07, 6.45) is 10.8. The van der Waals surface area contributed by atoms with Gasteiger partial charge in [-0.15, -0.1) is 0 Å². The Hall–Kier alpha value is -2.92. The van der Waals surface area contributed by atoms with E-state index in [9.17, 15) is 5.11 Å². The van der Waals surface area contributed by atoms with Crippen molar-refractivity contribution in [3.8, 4) is 0 Å². The molecule has 0 saturated heterocycles. The number of aryl methyl sites for hydroxylation is 2. The van der Waals surface area contributed by atoms with E-state index in [1.807, 2.05) is 43.3 Å². The summed E-state index contributed by atoms with van der Waals surface area (Å²) < 4.78 is 0. The van der Waals surface area contributed by atoms with Gasteiger partial charge in [-0.3, -0.25) is 5.41 Å². The quantitative estimate of drug-likeness (QED) is 0.371. The molecule has 1 unspecified atom stereocenters. The van der Waals surface area contributed by atoms with Crippen molar-refractivity contribution in [3.05, 3.63) is 83.6 Å². The molecule has 0 aromatic heterocycles. The Labute approximate surface area is 162 Å². The van der Waals surface area contributed by atoms with Gasteiger partial charge in [0.2, 0.25) is 5.96 Å². The van der Waals surface area contributed by atoms with Crippen LogP contribution in [0.25, 0.3) is 0 Å². The zero-order valence-electron chi connectivity index (χ0n) is 16.6. The first-order valence-corrected chi connectivity index (χ1v) is 8.80. The second-order valence-electron chi connectivity index (χ2n) is 6.26. The molecule has 1 rings (SSSR count). The van der Waals surface area contributed by atoms with Crippen LogP contribution in [-0.4, -0.2) is 35.3 Å². The van der Waals surface area contributed by atoms with Crippen LogP contribution in [0.5, 0.6) is 0 Å². The molecular weight excluding hydrogens is 336 g/mol. The number of nitrogens with one attached hydrogen (secondary N) is 1. The highest BCUT2D eigenvalue weighted by molar-refractivity contribution is 6.14. The van der Waals surface area contributed by atoms with Crippen LogP contribution in [0.1, 0.15) is 29.7 Å². The van der Waals surface area contributed by atoms with Crippen molar-refractivity contribution in [1.29, 1.82) is 5.41 Å². The fourth-order valence-electron chi connectivity index (χ4n) is 2.58. The minimum atomic E-state index is -0.261. The van der Waals surface area contributed by atoms with E-state index >= 15 is 0 Å². The third-order valence-corrected chi connectivity index (χ3v) is 4.23. The van der Waals surface area contributed by atoms with E-state index in [0.29, 0.717) is 5.71 Å². The van der Waals surface area contributed by atoms with Crippen molar-refractivity contribution < 1.29 is 5.11 Å². The third kappa shape index (κ3) is 6.72. The van der Waals surface area contributed by atoms with Gasteiger partial charge in [-0.05, 0) is 49.6 Å². The van der Waals surface area contributed by atoms with E-state index in [4.69, 9.17) is 11.1 Å². The summed E-state index contributed by atoms with van der Waals surface area (Å²) in [5.74, 6) is -0.261. The standard InChI is InChI=1S/C22H30N4O/c1-6-8-18(20(9-7-2)25-22(23)24)12-13-26(5)21(15-27)19-11-10-16(3)17(4)14-19/h6-14,21,27H,1,15H2,2-5H3,(H3,23,24)/b9-7-,13-12-,18-8+,25-20?. The summed E-state index contributed by atoms with van der Waals surface area (Å²) in [7, 11) is 1.91. The average Bonchev–Trinajstić information content (AvgIpc) is 2.61. The van der Waals surface area contributed by atoms with Crippen molar-refractivity contribution >= 4 is 11.7 Å². The van der Waals surface area contributed by atoms with Crippen LogP contribution >= 0.6 is 0 Å². The van der Waals surface area contributed by atoms with Crippen LogP contribution in [0, 0.1) is 19.3 Å². The van der Waals surface area contributed by atoms with Crippen LogP contribution in [0.15, 0.2) is 71.9 Å². The summed E-state index contributed by atoms with van der Waals surface area (Å²) in [5.41, 5.74) is 10.2. The van der Waals surface area contributed by atoms with Crippen molar-refractivity contribution in [2.45, 2.75) is 26.8 Å². The van der Waals surface area contributed by atoms with Gasteiger partial charge in [0.05, 0.1) is 18.4 Å². The first-order valence-electron chi connectivity index (χ1n) is 8.80. The number of guanidine groups is 1. The Morgan fingerprint density at radius 2 is 2.04 bits per heavy atom. The van der Waals surface area contributed by atoms with Gasteiger partial charge in [0.25, 0.3) is 0 Å². The topological polar surface area (TPSA) is 85.7 Å². The highest BCUT2D eigenvalue weighted by atomic mass is 16.3. The second kappa shape index (κ2) is 10.9. The maximum Gasteiger partial charge on any atom is 0.213 e. The normalized spacial score (nSPS) is 14.0. The van der Waals surface area contributed by atoms with Crippen LogP contribution in [0.3, 0.4) is 0 Å². The number of aliphatic hydroxyl groups is 1. The lowest BCUT2D eigenvalue weighted by atomic mass is 10.0. The number of hydrogen-bond acceptors (Lipinski definition) is 3. The predicted octanol–water partition coefficient (Wildman–Crippen LogP) is 3.81. The highest BCUT2D eigenvalue weighted by Crippen LogP contribution is 2.22. The molecule has 1 aromatic carbocycles. The summed E-state index contributed by atoms with van der Waals surface area (Å²) in [5, 5.41) is 17.3. The molecule has 0 fully saturated rings. The molecule has 1 aromatic rings. The molecule has 1 atom stereocenters. The number of rotatable bonds is 8. The number of aliphatic imine (C=N–C) groups is 1. The fourth-order valence-corrected chi connectivity index (χ4v) is 2.58. The number of nitrogens with two attached hydrogens (primary N) is 1. The average molecular weight is 367 g/mol. The molecule has 27 heavy (non-hydrogen) atoms. The number of nitrogens with zero attached hydrogens (tertiary/aromatic N) is 2. The first-order chi connectivity index (χ1) is 12.8. The zero-order chi connectivity index (χ0) is 20.4. The Morgan fingerprint density at radius 1 is 1.33 bits per heavy atom. The lowest BCUT2D eigenvalue weighted by Crippen LogP contribution is -2.22. The highest BCUT2D eigenvalue weighted by Gasteiger charge is 2.14. The lowest BCUT2D eigenvalue weighted by molar-refractivity contribution is 0.185. The molecule has 0 aliphatic carbocycles. The molecule has 0 heterocycles. The zero-order valence-corrected chi connectivity index (χ0v) is 16.6. The van der Waals surface area contributed by atoms with Crippen LogP contribution < -0.4 is 5.73 Å². The second-order valence-corrected chi connectivity index (χ2v) is 6.26. The van der Waals surface area contributed by atoms with Gasteiger partial charge in [0.1, 0.15) is 0 Å². The van der Waals surface area contributed by atoms with E-state index in [1.54, 1.807) is 18.2 Å². The van der Waals surface area contributed by atoms with E-state index in [2.05, 4.69) is 37.6 Å². The number of aliphatic hydroxyl groups excluding tert-OH is 1. The van der Waals surface area contributed by atoms with E-state index in [0.717, 1.165) is 11.1 Å². The van der Waals surface area contributed by atoms with Gasteiger partial charge in [0.15, 0.2) is 0 Å². The first kappa shape index (κ1) is 22.1. The molecule has 0 aliphatic rings. The van der Waals surface area contributed by atoms with Gasteiger partial charge in [0, 0.05) is 18.8 Å². The minimum absolute atomic E-state index is 0.00684. The molecule has 4 N–H and O–H groups in total. The largest absolute Gasteiger partial charge is 0.394 e. The number of benzene rings is 1. The SMILES string of the molecule is C=C/C=C(\C=C/N(C)C(CO)c1ccc(C)c(C)c1)C(/C=C\C)=NC(=N)N. The monoisotopic (exact) mass is 366 g/mol. The van der Waals surface area contributed by atoms with Crippen molar-refractivity contribution in [2.24, 2.45) is 10.7 Å². The predicted molar refractivity (Wildman–Crippen MR) is 115 cm³/mol. The Kier molecular flexibility index (Phi) is 8.96. The smallest absolute Gasteiger partial charge is 0.213 e. The lowest BCUT2D eigenvalue weighted by Gasteiger charge is -2.26. The van der Waals surface area contributed by atoms with Gasteiger partial charge in [-0.25, -0.2) is 4.99 Å². The van der Waals surface area contributed by atoms with Gasteiger partial charge in [-0.1, -0.05) is 43.0 Å². The summed E-state index contributed by atoms with van der Waals surface area (Å²) in [6, 6.07) is 6.04. The van der Waals surface area contributed by atoms with E-state index in [-0.39, 0.29) is 18.6 Å². The Bertz CT molecular complexity index is 788. The molecule has 5 heteroatoms. The van der Waals surface area contributed by atoms with Crippen LogP contribution in [0.4, 0.5) is 0 Å². The molecule has 0 amide bonds. The van der Waals surface area contributed by atoms with Crippen molar-refractivity contribution in [2.75, 3.05) is 13.7 Å². The number of allylic oxidation sites excluding steroid dienone is 6. The van der Waals surface area contributed by atoms with Gasteiger partial charge in [-0.2, -0.15) is 0 Å². The Morgan fingerprint density at radius 3 is 2.56 bits per heavy atom. The summed E-state index contributed by atoms with van der Waals surface area (Å²) in [4.78, 5) is 6.01. The van der Waals surface area contributed by atoms with Gasteiger partial charge >= 0.3 is 0 Å². The number of likely N-dealkylation sites (N-methyl/N-ethyl adjacent to an activating group) is 1. The molecule has 0 radical (unpaired) electrons. The van der Waals surface area contributed by atoms with E-state index in [1.165, 1.54) is 11.1 Å². The molecular formula is C22H30N4O. The molecule has 0 aliphatic heterocycles. The maximum atomic E-state index is 9.91. The maximum absolute atomic E-state index is 9.91. The van der Waals surface area contributed by atoms with E-state index < -0.39 is 0 Å². The molecule has 0 spiro atoms. The minimum Gasteiger partial charge on any atom is -0.394 e. The van der Waals surface area contributed by atoms with Gasteiger partial charge < -0.3 is 15.7 Å². The fraction of sp³-hybridized carbons (Fsp3) is 0.273. The van der Waals surface area contributed by atoms with Crippen molar-refractivity contribution in [1.82, 2.24) is 4.90 Å². The summed E-state index contributed by atoms with van der Waals surface area (Å²) in [6.45, 7) is 9.74.